The number of hydrogen-bond acceptors (Lipinski definition) is 4. The molecule has 0 saturated heterocycles. The van der Waals surface area contributed by atoms with E-state index in [1.807, 2.05) is 19.1 Å². The summed E-state index contributed by atoms with van der Waals surface area (Å²) >= 11 is 5.84. The minimum atomic E-state index is -0.960. The zero-order valence-corrected chi connectivity index (χ0v) is 12.5. The number of esters is 1. The first-order valence-electron chi connectivity index (χ1n) is 6.17. The standard InChI is InChI=1S/C14H20ClNO3/c1-5-19-13(17)14(3,10(2)18-4)16-12-8-6-11(15)7-9-12/h6-10,16H,5H2,1-4H3. The van der Waals surface area contributed by atoms with Gasteiger partial charge in [-0.2, -0.15) is 0 Å². The molecule has 1 N–H and O–H groups in total. The minimum absolute atomic E-state index is 0.327. The van der Waals surface area contributed by atoms with Gasteiger partial charge in [-0.25, -0.2) is 4.79 Å². The Bertz CT molecular complexity index is 421. The van der Waals surface area contributed by atoms with Crippen molar-refractivity contribution in [2.24, 2.45) is 0 Å². The Labute approximate surface area is 119 Å². The zero-order valence-electron chi connectivity index (χ0n) is 11.7. The van der Waals surface area contributed by atoms with E-state index in [9.17, 15) is 4.79 Å². The van der Waals surface area contributed by atoms with E-state index in [1.165, 1.54) is 0 Å². The van der Waals surface area contributed by atoms with Gasteiger partial charge in [-0.3, -0.25) is 0 Å². The lowest BCUT2D eigenvalue weighted by molar-refractivity contribution is -0.152. The summed E-state index contributed by atoms with van der Waals surface area (Å²) in [5.74, 6) is -0.348. The number of nitrogens with one attached hydrogen (secondary N) is 1. The number of ether oxygens (including phenoxy) is 2. The van der Waals surface area contributed by atoms with Crippen molar-refractivity contribution in [2.75, 3.05) is 19.0 Å². The second-order valence-corrected chi connectivity index (χ2v) is 4.87. The topological polar surface area (TPSA) is 47.6 Å². The number of benzene rings is 1. The van der Waals surface area contributed by atoms with Crippen molar-refractivity contribution < 1.29 is 14.3 Å². The van der Waals surface area contributed by atoms with Crippen LogP contribution in [0.25, 0.3) is 0 Å². The molecular formula is C14H20ClNO3. The molecule has 1 aromatic carbocycles. The van der Waals surface area contributed by atoms with Gasteiger partial charge in [-0.05, 0) is 45.0 Å². The summed E-state index contributed by atoms with van der Waals surface area (Å²) < 4.78 is 10.4. The van der Waals surface area contributed by atoms with E-state index in [2.05, 4.69) is 5.32 Å². The molecule has 2 atom stereocenters. The van der Waals surface area contributed by atoms with Crippen molar-refractivity contribution in [1.82, 2.24) is 0 Å². The van der Waals surface area contributed by atoms with Gasteiger partial charge >= 0.3 is 5.97 Å². The van der Waals surface area contributed by atoms with Crippen LogP contribution >= 0.6 is 11.6 Å². The van der Waals surface area contributed by atoms with E-state index < -0.39 is 5.54 Å². The van der Waals surface area contributed by atoms with E-state index in [1.54, 1.807) is 33.1 Å². The lowest BCUT2D eigenvalue weighted by Gasteiger charge is -2.34. The molecule has 0 bridgehead atoms. The molecule has 0 saturated carbocycles. The van der Waals surface area contributed by atoms with Crippen molar-refractivity contribution in [3.05, 3.63) is 29.3 Å². The summed E-state index contributed by atoms with van der Waals surface area (Å²) in [6, 6.07) is 7.13. The van der Waals surface area contributed by atoms with Crippen LogP contribution in [-0.2, 0) is 14.3 Å². The molecule has 1 aromatic rings. The Kier molecular flexibility index (Phi) is 5.63. The first-order chi connectivity index (χ1) is 8.93. The van der Waals surface area contributed by atoms with Gasteiger partial charge in [0, 0.05) is 17.8 Å². The van der Waals surface area contributed by atoms with Crippen molar-refractivity contribution in [2.45, 2.75) is 32.4 Å². The normalized spacial score (nSPS) is 15.4. The minimum Gasteiger partial charge on any atom is -0.464 e. The second-order valence-electron chi connectivity index (χ2n) is 4.43. The first-order valence-corrected chi connectivity index (χ1v) is 6.55. The molecule has 0 aromatic heterocycles. The molecule has 0 aliphatic rings. The van der Waals surface area contributed by atoms with Gasteiger partial charge in [-0.1, -0.05) is 11.6 Å². The van der Waals surface area contributed by atoms with Crippen LogP contribution in [0.2, 0.25) is 5.02 Å². The Hall–Kier alpha value is -1.26. The monoisotopic (exact) mass is 285 g/mol. The molecule has 5 heteroatoms. The molecule has 106 valence electrons. The fraction of sp³-hybridized carbons (Fsp3) is 0.500. The Morgan fingerprint density at radius 2 is 2.00 bits per heavy atom. The predicted octanol–water partition coefficient (Wildman–Crippen LogP) is 3.11. The van der Waals surface area contributed by atoms with E-state index in [0.29, 0.717) is 11.6 Å². The lowest BCUT2D eigenvalue weighted by atomic mass is 9.95. The summed E-state index contributed by atoms with van der Waals surface area (Å²) in [7, 11) is 1.56. The number of halogens is 1. The number of methoxy groups -OCH3 is 1. The maximum absolute atomic E-state index is 12.1. The molecule has 19 heavy (non-hydrogen) atoms. The number of anilines is 1. The number of carbonyl (C=O) groups is 1. The van der Waals surface area contributed by atoms with Crippen molar-refractivity contribution in [3.8, 4) is 0 Å². The average molecular weight is 286 g/mol. The highest BCUT2D eigenvalue weighted by Gasteiger charge is 2.40. The molecule has 0 aliphatic heterocycles. The van der Waals surface area contributed by atoms with E-state index in [0.717, 1.165) is 5.69 Å². The number of hydrogen-bond donors (Lipinski definition) is 1. The first kappa shape index (κ1) is 15.8. The SMILES string of the molecule is CCOC(=O)C(C)(Nc1ccc(Cl)cc1)C(C)OC. The van der Waals surface area contributed by atoms with E-state index >= 15 is 0 Å². The molecule has 4 nitrogen and oxygen atoms in total. The molecule has 0 fully saturated rings. The zero-order chi connectivity index (χ0) is 14.5. The van der Waals surface area contributed by atoms with Gasteiger partial charge in [0.05, 0.1) is 12.7 Å². The Balaban J connectivity index is 2.97. The highest BCUT2D eigenvalue weighted by Crippen LogP contribution is 2.23. The molecule has 1 rings (SSSR count). The molecule has 0 radical (unpaired) electrons. The van der Waals surface area contributed by atoms with Gasteiger partial charge in [-0.15, -0.1) is 0 Å². The summed E-state index contributed by atoms with van der Waals surface area (Å²) in [5.41, 5.74) is -0.178. The van der Waals surface area contributed by atoms with Crippen LogP contribution in [0.4, 0.5) is 5.69 Å². The molecule has 0 heterocycles. The fourth-order valence-electron chi connectivity index (χ4n) is 1.67. The van der Waals surface area contributed by atoms with Gasteiger partial charge in [0.25, 0.3) is 0 Å². The van der Waals surface area contributed by atoms with Crippen LogP contribution in [-0.4, -0.2) is 31.3 Å². The Morgan fingerprint density at radius 1 is 1.42 bits per heavy atom. The maximum atomic E-state index is 12.1. The van der Waals surface area contributed by atoms with Crippen LogP contribution < -0.4 is 5.32 Å². The Morgan fingerprint density at radius 3 is 2.47 bits per heavy atom. The fourth-order valence-corrected chi connectivity index (χ4v) is 1.79. The third kappa shape index (κ3) is 3.85. The average Bonchev–Trinajstić information content (AvgIpc) is 2.40. The van der Waals surface area contributed by atoms with E-state index in [-0.39, 0.29) is 12.1 Å². The van der Waals surface area contributed by atoms with Gasteiger partial charge in [0.15, 0.2) is 5.54 Å². The molecule has 0 spiro atoms. The van der Waals surface area contributed by atoms with Crippen molar-refractivity contribution in [1.29, 1.82) is 0 Å². The quantitative estimate of drug-likeness (QED) is 0.816. The lowest BCUT2D eigenvalue weighted by Crippen LogP contribution is -2.53. The predicted molar refractivity (Wildman–Crippen MR) is 76.6 cm³/mol. The largest absolute Gasteiger partial charge is 0.464 e. The highest BCUT2D eigenvalue weighted by atomic mass is 35.5. The van der Waals surface area contributed by atoms with Gasteiger partial charge in [0.2, 0.25) is 0 Å². The highest BCUT2D eigenvalue weighted by molar-refractivity contribution is 6.30. The molecule has 0 amide bonds. The molecule has 2 unspecified atom stereocenters. The third-order valence-electron chi connectivity index (χ3n) is 3.11. The molecular weight excluding hydrogens is 266 g/mol. The van der Waals surface area contributed by atoms with E-state index in [4.69, 9.17) is 21.1 Å². The summed E-state index contributed by atoms with van der Waals surface area (Å²) in [6.07, 6.45) is -0.345. The number of rotatable bonds is 6. The molecule has 0 aliphatic carbocycles. The van der Waals surface area contributed by atoms with Crippen molar-refractivity contribution in [3.63, 3.8) is 0 Å². The second kappa shape index (κ2) is 6.78. The number of carbonyl (C=O) groups excluding carboxylic acids is 1. The summed E-state index contributed by atoms with van der Waals surface area (Å²) in [4.78, 5) is 12.1. The summed E-state index contributed by atoms with van der Waals surface area (Å²) in [6.45, 7) is 5.68. The van der Waals surface area contributed by atoms with Crippen molar-refractivity contribution >= 4 is 23.3 Å². The van der Waals surface area contributed by atoms with Gasteiger partial charge < -0.3 is 14.8 Å². The van der Waals surface area contributed by atoms with Crippen LogP contribution in [0.3, 0.4) is 0 Å². The third-order valence-corrected chi connectivity index (χ3v) is 3.37. The van der Waals surface area contributed by atoms with Crippen LogP contribution in [0, 0.1) is 0 Å². The maximum Gasteiger partial charge on any atom is 0.334 e. The van der Waals surface area contributed by atoms with Crippen LogP contribution in [0.5, 0.6) is 0 Å². The van der Waals surface area contributed by atoms with Crippen LogP contribution in [0.15, 0.2) is 24.3 Å². The smallest absolute Gasteiger partial charge is 0.334 e. The summed E-state index contributed by atoms with van der Waals surface area (Å²) in [5, 5.41) is 3.80. The van der Waals surface area contributed by atoms with Gasteiger partial charge in [0.1, 0.15) is 0 Å². The van der Waals surface area contributed by atoms with Crippen LogP contribution in [0.1, 0.15) is 20.8 Å².